The minimum atomic E-state index is -0.500. The number of nitro benzene ring substituents is 1. The van der Waals surface area contributed by atoms with Crippen LogP contribution in [0.4, 0.5) is 11.6 Å². The van der Waals surface area contributed by atoms with Crippen LogP contribution >= 0.6 is 0 Å². The van der Waals surface area contributed by atoms with Crippen LogP contribution in [0.5, 0.6) is 0 Å². The van der Waals surface area contributed by atoms with Crippen LogP contribution in [-0.4, -0.2) is 43.0 Å². The average Bonchev–Trinajstić information content (AvgIpc) is 3.23. The number of hydrogen-bond donors (Lipinski definition) is 1. The number of nitrogens with two attached hydrogens (primary N) is 1. The number of anilines is 1. The molecule has 2 N–H and O–H groups in total. The highest BCUT2D eigenvalue weighted by atomic mass is 16.6. The van der Waals surface area contributed by atoms with Crippen molar-refractivity contribution >= 4 is 28.2 Å². The van der Waals surface area contributed by atoms with Crippen molar-refractivity contribution in [1.29, 1.82) is 0 Å². The Hall–Kier alpha value is -4.17. The number of aromatic nitrogens is 4. The van der Waals surface area contributed by atoms with Crippen LogP contribution in [-0.2, 0) is 20.1 Å². The monoisotopic (exact) mass is 477 g/mol. The van der Waals surface area contributed by atoms with Crippen molar-refractivity contribution < 1.29 is 4.92 Å². The lowest BCUT2D eigenvalue weighted by molar-refractivity contribution is -0.385. The summed E-state index contributed by atoms with van der Waals surface area (Å²) in [5.74, 6) is 6.28. The molecular formula is C24H27N7O4. The van der Waals surface area contributed by atoms with Gasteiger partial charge < -0.3 is 10.6 Å². The smallest absolute Gasteiger partial charge is 0.293 e. The van der Waals surface area contributed by atoms with Crippen LogP contribution in [0.3, 0.4) is 0 Å². The van der Waals surface area contributed by atoms with Crippen molar-refractivity contribution in [3.63, 3.8) is 0 Å². The highest BCUT2D eigenvalue weighted by molar-refractivity contribution is 5.78. The Balaban J connectivity index is 1.88. The van der Waals surface area contributed by atoms with Gasteiger partial charge in [-0.3, -0.25) is 24.3 Å². The number of para-hydroxylation sites is 1. The maximum Gasteiger partial charge on any atom is 0.293 e. The molecule has 3 heterocycles. The quantitative estimate of drug-likeness (QED) is 0.323. The second-order valence-corrected chi connectivity index (χ2v) is 8.54. The lowest BCUT2D eigenvalue weighted by atomic mass is 10.1. The Morgan fingerprint density at radius 3 is 2.74 bits per heavy atom. The van der Waals surface area contributed by atoms with Gasteiger partial charge in [-0.05, 0) is 31.4 Å². The SMILES string of the molecule is C=C(Cn1c(=O)c2c(nc(N3CCCC(N)C3)n2CC#CC)c(=O)n1C)c1ccccc1[N+](=O)[O-]. The van der Waals surface area contributed by atoms with Gasteiger partial charge in [0.05, 0.1) is 23.6 Å². The van der Waals surface area contributed by atoms with Crippen LogP contribution in [0.15, 0.2) is 40.4 Å². The summed E-state index contributed by atoms with van der Waals surface area (Å²) in [4.78, 5) is 44.5. The van der Waals surface area contributed by atoms with E-state index in [1.54, 1.807) is 29.7 Å². The molecule has 4 rings (SSSR count). The fourth-order valence-corrected chi connectivity index (χ4v) is 4.44. The first kappa shape index (κ1) is 24.0. The van der Waals surface area contributed by atoms with Gasteiger partial charge in [0.15, 0.2) is 5.52 Å². The molecule has 1 aromatic carbocycles. The van der Waals surface area contributed by atoms with Crippen molar-refractivity contribution in [2.24, 2.45) is 12.8 Å². The molecule has 11 heteroatoms. The van der Waals surface area contributed by atoms with Gasteiger partial charge in [0.1, 0.15) is 5.52 Å². The van der Waals surface area contributed by atoms with Gasteiger partial charge >= 0.3 is 0 Å². The molecule has 1 saturated heterocycles. The van der Waals surface area contributed by atoms with E-state index in [1.807, 2.05) is 4.90 Å². The molecule has 1 fully saturated rings. The van der Waals surface area contributed by atoms with Gasteiger partial charge in [0, 0.05) is 32.2 Å². The zero-order valence-electron chi connectivity index (χ0n) is 19.7. The van der Waals surface area contributed by atoms with Gasteiger partial charge in [-0.1, -0.05) is 24.6 Å². The van der Waals surface area contributed by atoms with E-state index in [-0.39, 0.29) is 35.9 Å². The lowest BCUT2D eigenvalue weighted by Gasteiger charge is -2.31. The molecule has 35 heavy (non-hydrogen) atoms. The summed E-state index contributed by atoms with van der Waals surface area (Å²) in [5.41, 5.74) is 5.94. The molecule has 1 unspecified atom stereocenters. The number of allylic oxidation sites excluding steroid dienone is 1. The van der Waals surface area contributed by atoms with Crippen molar-refractivity contribution in [3.8, 4) is 11.8 Å². The standard InChI is InChI=1S/C24H27N7O4/c1-4-5-13-29-21-20(26-24(29)28-12-8-9-17(25)15-28)22(32)27(3)30(23(21)33)14-16(2)18-10-6-7-11-19(18)31(34)35/h6-7,10-11,17H,2,8-9,12-15,25H2,1,3H3. The molecule has 0 bridgehead atoms. The van der Waals surface area contributed by atoms with Crippen LogP contribution < -0.4 is 21.8 Å². The fourth-order valence-electron chi connectivity index (χ4n) is 4.44. The molecule has 0 radical (unpaired) electrons. The summed E-state index contributed by atoms with van der Waals surface area (Å²) >= 11 is 0. The average molecular weight is 478 g/mol. The molecule has 182 valence electrons. The number of nitrogens with zero attached hydrogens (tertiary/aromatic N) is 6. The summed E-state index contributed by atoms with van der Waals surface area (Å²) in [7, 11) is 1.47. The molecule has 3 aromatic rings. The minimum Gasteiger partial charge on any atom is -0.341 e. The van der Waals surface area contributed by atoms with Crippen LogP contribution in [0.25, 0.3) is 16.6 Å². The number of rotatable bonds is 6. The van der Waals surface area contributed by atoms with Gasteiger partial charge in [0.25, 0.3) is 16.8 Å². The predicted molar refractivity (Wildman–Crippen MR) is 134 cm³/mol. The second kappa shape index (κ2) is 9.60. The van der Waals surface area contributed by atoms with E-state index >= 15 is 0 Å². The summed E-state index contributed by atoms with van der Waals surface area (Å²) in [6, 6.07) is 6.14. The number of imidazole rings is 1. The van der Waals surface area contributed by atoms with E-state index in [1.165, 1.54) is 22.5 Å². The van der Waals surface area contributed by atoms with Gasteiger partial charge in [-0.2, -0.15) is 0 Å². The number of fused-ring (bicyclic) bond motifs is 1. The number of hydrogen-bond acceptors (Lipinski definition) is 7. The van der Waals surface area contributed by atoms with Crippen molar-refractivity contribution in [2.45, 2.75) is 38.9 Å². The molecule has 1 aliphatic heterocycles. The third kappa shape index (κ3) is 4.36. The first-order valence-corrected chi connectivity index (χ1v) is 11.3. The molecule has 0 saturated carbocycles. The molecule has 0 spiro atoms. The van der Waals surface area contributed by atoms with Gasteiger partial charge in [-0.25, -0.2) is 14.3 Å². The first-order chi connectivity index (χ1) is 16.7. The van der Waals surface area contributed by atoms with Crippen LogP contribution in [0.1, 0.15) is 25.3 Å². The summed E-state index contributed by atoms with van der Waals surface area (Å²) in [6.45, 7) is 7.01. The summed E-state index contributed by atoms with van der Waals surface area (Å²) in [6.07, 6.45) is 1.77. The van der Waals surface area contributed by atoms with E-state index in [9.17, 15) is 19.7 Å². The normalized spacial score (nSPS) is 15.6. The van der Waals surface area contributed by atoms with E-state index in [0.29, 0.717) is 30.2 Å². The summed E-state index contributed by atoms with van der Waals surface area (Å²) < 4.78 is 4.07. The first-order valence-electron chi connectivity index (χ1n) is 11.3. The maximum absolute atomic E-state index is 13.7. The molecule has 1 atom stereocenters. The van der Waals surface area contributed by atoms with Crippen LogP contribution in [0.2, 0.25) is 0 Å². The Morgan fingerprint density at radius 2 is 2.06 bits per heavy atom. The van der Waals surface area contributed by atoms with Crippen molar-refractivity contribution in [2.75, 3.05) is 18.0 Å². The highest BCUT2D eigenvalue weighted by Gasteiger charge is 2.26. The number of benzene rings is 1. The third-order valence-corrected chi connectivity index (χ3v) is 6.22. The molecular weight excluding hydrogens is 450 g/mol. The topological polar surface area (TPSA) is 134 Å². The molecule has 11 nitrogen and oxygen atoms in total. The van der Waals surface area contributed by atoms with E-state index in [4.69, 9.17) is 5.73 Å². The number of nitro groups is 1. The third-order valence-electron chi connectivity index (χ3n) is 6.22. The van der Waals surface area contributed by atoms with Gasteiger partial charge in [0.2, 0.25) is 5.95 Å². The van der Waals surface area contributed by atoms with E-state index in [2.05, 4.69) is 23.4 Å². The Morgan fingerprint density at radius 1 is 1.31 bits per heavy atom. The minimum absolute atomic E-state index is 0.0289. The van der Waals surface area contributed by atoms with E-state index < -0.39 is 16.0 Å². The predicted octanol–water partition coefficient (Wildman–Crippen LogP) is 1.47. The Labute approximate surface area is 201 Å². The Bertz CT molecular complexity index is 1500. The van der Waals surface area contributed by atoms with Gasteiger partial charge in [-0.15, -0.1) is 5.92 Å². The summed E-state index contributed by atoms with van der Waals surface area (Å²) in [5, 5.41) is 11.5. The van der Waals surface area contributed by atoms with E-state index in [0.717, 1.165) is 12.8 Å². The number of piperidine rings is 1. The van der Waals surface area contributed by atoms with Crippen molar-refractivity contribution in [3.05, 3.63) is 67.2 Å². The highest BCUT2D eigenvalue weighted by Crippen LogP contribution is 2.26. The zero-order chi connectivity index (χ0) is 25.3. The molecule has 0 aliphatic carbocycles. The Kier molecular flexibility index (Phi) is 6.57. The second-order valence-electron chi connectivity index (χ2n) is 8.54. The van der Waals surface area contributed by atoms with Crippen molar-refractivity contribution in [1.82, 2.24) is 18.9 Å². The largest absolute Gasteiger partial charge is 0.341 e. The molecule has 0 amide bonds. The maximum atomic E-state index is 13.7. The fraction of sp³-hybridized carbons (Fsp3) is 0.375. The molecule has 1 aliphatic rings. The zero-order valence-corrected chi connectivity index (χ0v) is 19.7. The molecule has 2 aromatic heterocycles. The lowest BCUT2D eigenvalue weighted by Crippen LogP contribution is -2.44. The van der Waals surface area contributed by atoms with Crippen LogP contribution in [0, 0.1) is 22.0 Å².